The van der Waals surface area contributed by atoms with Gasteiger partial charge < -0.3 is 10.6 Å². The molecule has 0 saturated carbocycles. The van der Waals surface area contributed by atoms with Crippen LogP contribution in [-0.2, 0) is 4.79 Å². The Morgan fingerprint density at radius 2 is 2.29 bits per heavy atom. The molecule has 0 aromatic heterocycles. The van der Waals surface area contributed by atoms with Gasteiger partial charge in [-0.1, -0.05) is 5.92 Å². The molecule has 2 N–H and O–H groups in total. The van der Waals surface area contributed by atoms with Gasteiger partial charge in [0.1, 0.15) is 0 Å². The molecule has 1 amide bonds. The Balaban J connectivity index is 3.46. The van der Waals surface area contributed by atoms with Crippen molar-refractivity contribution < 1.29 is 4.79 Å². The molecule has 80 valence electrons. The first-order valence-corrected chi connectivity index (χ1v) is 4.74. The van der Waals surface area contributed by atoms with Gasteiger partial charge in [0.2, 0.25) is 5.91 Å². The summed E-state index contributed by atoms with van der Waals surface area (Å²) in [6.45, 7) is 2.59. The molecule has 0 aromatic carbocycles. The number of carbonyl (C=O) groups excluding carboxylic acids is 1. The highest BCUT2D eigenvalue weighted by Crippen LogP contribution is 1.85. The van der Waals surface area contributed by atoms with Gasteiger partial charge in [-0.15, -0.1) is 6.42 Å². The fourth-order valence-corrected chi connectivity index (χ4v) is 1.06. The lowest BCUT2D eigenvalue weighted by Crippen LogP contribution is -2.36. The number of hydrogen-bond donors (Lipinski definition) is 2. The Labute approximate surface area is 86.0 Å². The molecule has 4 nitrogen and oxygen atoms in total. The largest absolute Gasteiger partial charge is 0.344 e. The fourth-order valence-electron chi connectivity index (χ4n) is 1.06. The monoisotopic (exact) mass is 197 g/mol. The van der Waals surface area contributed by atoms with E-state index in [1.807, 2.05) is 19.0 Å². The summed E-state index contributed by atoms with van der Waals surface area (Å²) in [4.78, 5) is 13.2. The molecule has 4 heteroatoms. The van der Waals surface area contributed by atoms with Crippen LogP contribution in [-0.4, -0.2) is 51.1 Å². The summed E-state index contributed by atoms with van der Waals surface area (Å²) >= 11 is 0. The van der Waals surface area contributed by atoms with Crippen LogP contribution in [0.5, 0.6) is 0 Å². The van der Waals surface area contributed by atoms with Gasteiger partial charge >= 0.3 is 0 Å². The molecular formula is C10H19N3O. The molecule has 0 radical (unpaired) electrons. The molecule has 0 fully saturated rings. The molecular weight excluding hydrogens is 178 g/mol. The second-order valence-corrected chi connectivity index (χ2v) is 3.18. The number of nitrogens with zero attached hydrogens (tertiary/aromatic N) is 1. The van der Waals surface area contributed by atoms with Crippen LogP contribution in [0.4, 0.5) is 0 Å². The summed E-state index contributed by atoms with van der Waals surface area (Å²) in [6.07, 6.45) is 6.06. The van der Waals surface area contributed by atoms with Crippen LogP contribution in [0.1, 0.15) is 6.42 Å². The van der Waals surface area contributed by atoms with Gasteiger partial charge in [-0.25, -0.2) is 0 Å². The van der Waals surface area contributed by atoms with Crippen molar-refractivity contribution in [1.82, 2.24) is 15.5 Å². The first-order chi connectivity index (χ1) is 6.70. The molecule has 0 saturated heterocycles. The second-order valence-electron chi connectivity index (χ2n) is 3.18. The summed E-state index contributed by atoms with van der Waals surface area (Å²) in [5.74, 6) is 2.35. The van der Waals surface area contributed by atoms with E-state index in [4.69, 9.17) is 6.42 Å². The number of amides is 1. The average molecular weight is 197 g/mol. The fraction of sp³-hybridized carbons (Fsp3) is 0.700. The first kappa shape index (κ1) is 12.9. The lowest BCUT2D eigenvalue weighted by atomic mass is 10.4. The highest BCUT2D eigenvalue weighted by Gasteiger charge is 2.04. The van der Waals surface area contributed by atoms with E-state index in [0.717, 1.165) is 19.5 Å². The Morgan fingerprint density at radius 1 is 1.57 bits per heavy atom. The van der Waals surface area contributed by atoms with Gasteiger partial charge in [0.05, 0.1) is 13.1 Å². The normalized spacial score (nSPS) is 9.86. The lowest BCUT2D eigenvalue weighted by molar-refractivity contribution is -0.121. The zero-order chi connectivity index (χ0) is 10.8. The Kier molecular flexibility index (Phi) is 7.90. The van der Waals surface area contributed by atoms with E-state index in [2.05, 4.69) is 16.6 Å². The molecule has 0 aliphatic heterocycles. The van der Waals surface area contributed by atoms with Crippen molar-refractivity contribution in [2.75, 3.05) is 40.3 Å². The maximum Gasteiger partial charge on any atom is 0.234 e. The summed E-state index contributed by atoms with van der Waals surface area (Å²) in [5, 5.41) is 5.68. The maximum absolute atomic E-state index is 11.2. The minimum Gasteiger partial charge on any atom is -0.344 e. The van der Waals surface area contributed by atoms with Gasteiger partial charge in [-0.05, 0) is 33.6 Å². The number of likely N-dealkylation sites (N-methyl/N-ethyl adjacent to an activating group) is 1. The smallest absolute Gasteiger partial charge is 0.234 e. The second kappa shape index (κ2) is 8.54. The summed E-state index contributed by atoms with van der Waals surface area (Å²) in [7, 11) is 3.84. The lowest BCUT2D eigenvalue weighted by Gasteiger charge is -2.15. The van der Waals surface area contributed by atoms with Crippen LogP contribution >= 0.6 is 0 Å². The van der Waals surface area contributed by atoms with Crippen molar-refractivity contribution in [3.05, 3.63) is 0 Å². The SMILES string of the molecule is C#CCNC(=O)CN(C)CCCNC. The minimum absolute atomic E-state index is 0.0186. The van der Waals surface area contributed by atoms with Crippen molar-refractivity contribution in [2.45, 2.75) is 6.42 Å². The van der Waals surface area contributed by atoms with E-state index in [9.17, 15) is 4.79 Å². The quantitative estimate of drug-likeness (QED) is 0.418. The van der Waals surface area contributed by atoms with Crippen LogP contribution < -0.4 is 10.6 Å². The standard InChI is InChI=1S/C10H19N3O/c1-4-6-12-10(14)9-13(3)8-5-7-11-2/h1,11H,5-9H2,2-3H3,(H,12,14). The third-order valence-corrected chi connectivity index (χ3v) is 1.77. The average Bonchev–Trinajstić information content (AvgIpc) is 2.15. The number of hydrogen-bond acceptors (Lipinski definition) is 3. The van der Waals surface area contributed by atoms with Gasteiger partial charge in [0.15, 0.2) is 0 Å². The van der Waals surface area contributed by atoms with Crippen molar-refractivity contribution in [3.63, 3.8) is 0 Å². The van der Waals surface area contributed by atoms with Crippen LogP contribution in [0, 0.1) is 12.3 Å². The molecule has 0 unspecified atom stereocenters. The van der Waals surface area contributed by atoms with Crippen LogP contribution in [0.2, 0.25) is 0 Å². The van der Waals surface area contributed by atoms with E-state index in [0.29, 0.717) is 13.1 Å². The zero-order valence-corrected chi connectivity index (χ0v) is 8.97. The Morgan fingerprint density at radius 3 is 2.86 bits per heavy atom. The summed E-state index contributed by atoms with van der Waals surface area (Å²) in [5.41, 5.74) is 0. The third-order valence-electron chi connectivity index (χ3n) is 1.77. The predicted molar refractivity (Wildman–Crippen MR) is 57.9 cm³/mol. The molecule has 0 aromatic rings. The Hall–Kier alpha value is -1.05. The number of nitrogens with one attached hydrogen (secondary N) is 2. The highest BCUT2D eigenvalue weighted by atomic mass is 16.1. The minimum atomic E-state index is -0.0186. The summed E-state index contributed by atoms with van der Waals surface area (Å²) in [6, 6.07) is 0. The molecule has 0 rings (SSSR count). The Bertz CT molecular complexity index is 198. The maximum atomic E-state index is 11.2. The predicted octanol–water partition coefficient (Wildman–Crippen LogP) is -0.723. The number of rotatable bonds is 7. The first-order valence-electron chi connectivity index (χ1n) is 4.74. The van der Waals surface area contributed by atoms with Crippen LogP contribution in [0.25, 0.3) is 0 Å². The van der Waals surface area contributed by atoms with E-state index < -0.39 is 0 Å². The van der Waals surface area contributed by atoms with Gasteiger partial charge in [-0.3, -0.25) is 9.69 Å². The van der Waals surface area contributed by atoms with Gasteiger partial charge in [0.25, 0.3) is 0 Å². The molecule has 0 bridgehead atoms. The molecule has 0 heterocycles. The van der Waals surface area contributed by atoms with Crippen molar-refractivity contribution in [2.24, 2.45) is 0 Å². The van der Waals surface area contributed by atoms with Crippen molar-refractivity contribution in [1.29, 1.82) is 0 Å². The topological polar surface area (TPSA) is 44.4 Å². The highest BCUT2D eigenvalue weighted by molar-refractivity contribution is 5.78. The molecule has 14 heavy (non-hydrogen) atoms. The third kappa shape index (κ3) is 7.59. The van der Waals surface area contributed by atoms with E-state index in [1.165, 1.54) is 0 Å². The van der Waals surface area contributed by atoms with E-state index >= 15 is 0 Å². The van der Waals surface area contributed by atoms with Crippen LogP contribution in [0.3, 0.4) is 0 Å². The molecule has 0 spiro atoms. The molecule has 0 aliphatic carbocycles. The van der Waals surface area contributed by atoms with Crippen LogP contribution in [0.15, 0.2) is 0 Å². The van der Waals surface area contributed by atoms with Crippen molar-refractivity contribution >= 4 is 5.91 Å². The molecule has 0 atom stereocenters. The van der Waals surface area contributed by atoms with Crippen molar-refractivity contribution in [3.8, 4) is 12.3 Å². The van der Waals surface area contributed by atoms with E-state index in [-0.39, 0.29) is 5.91 Å². The number of carbonyl (C=O) groups is 1. The van der Waals surface area contributed by atoms with E-state index in [1.54, 1.807) is 0 Å². The summed E-state index contributed by atoms with van der Waals surface area (Å²) < 4.78 is 0. The van der Waals surface area contributed by atoms with Gasteiger partial charge in [-0.2, -0.15) is 0 Å². The molecule has 0 aliphatic rings. The number of terminal acetylenes is 1. The zero-order valence-electron chi connectivity index (χ0n) is 8.97. The van der Waals surface area contributed by atoms with Gasteiger partial charge in [0, 0.05) is 0 Å².